The molecular weight excluding hydrogens is 263 g/mol. The summed E-state index contributed by atoms with van der Waals surface area (Å²) < 4.78 is 0. The number of rotatable bonds is 3. The Morgan fingerprint density at radius 1 is 0.727 bits per heavy atom. The maximum absolute atomic E-state index is 2.78. The molecule has 0 saturated carbocycles. The summed E-state index contributed by atoms with van der Waals surface area (Å²) in [5, 5.41) is 0. The van der Waals surface area contributed by atoms with Gasteiger partial charge in [-0.25, -0.2) is 0 Å². The van der Waals surface area contributed by atoms with Crippen LogP contribution in [0.3, 0.4) is 0 Å². The molecule has 0 aliphatic rings. The van der Waals surface area contributed by atoms with Crippen molar-refractivity contribution in [1.29, 1.82) is 0 Å². The molecule has 0 aromatic rings. The van der Waals surface area contributed by atoms with Crippen LogP contribution in [0.15, 0.2) is 0 Å². The molecule has 0 aromatic carbocycles. The maximum atomic E-state index is 2.78. The van der Waals surface area contributed by atoms with Gasteiger partial charge in [-0.3, -0.25) is 0 Å². The van der Waals surface area contributed by atoms with Gasteiger partial charge in [-0.15, -0.1) is 21.8 Å². The quantitative estimate of drug-likeness (QED) is 0.404. The van der Waals surface area contributed by atoms with Gasteiger partial charge < -0.3 is 0 Å². The molecule has 0 bridgehead atoms. The maximum Gasteiger partial charge on any atom is 0.133 e. The molecule has 0 unspecified atom stereocenters. The van der Waals surface area contributed by atoms with Crippen molar-refractivity contribution in [2.75, 3.05) is 0 Å². The van der Waals surface area contributed by atoms with E-state index in [2.05, 4.69) is 63.3 Å². The van der Waals surface area contributed by atoms with E-state index in [1.165, 1.54) is 0 Å². The lowest BCUT2D eigenvalue weighted by molar-refractivity contribution is 0.858. The van der Waals surface area contributed by atoms with Crippen molar-refractivity contribution >= 4 is 27.4 Å². The molecule has 0 atom stereocenters. The zero-order chi connectivity index (χ0) is 9.23. The smallest absolute Gasteiger partial charge is 0.118 e. The summed E-state index contributed by atoms with van der Waals surface area (Å²) in [6.07, 6.45) is 0. The van der Waals surface area contributed by atoms with Gasteiger partial charge in [0.25, 0.3) is 0 Å². The van der Waals surface area contributed by atoms with Gasteiger partial charge in [0.05, 0.1) is 0 Å². The summed E-state index contributed by atoms with van der Waals surface area (Å²) in [5.41, 5.74) is 1.71. The lowest BCUT2D eigenvalue weighted by Gasteiger charge is -2.37. The predicted octanol–water partition coefficient (Wildman–Crippen LogP) is 4.60. The van der Waals surface area contributed by atoms with Gasteiger partial charge in [0.1, 0.15) is 5.57 Å². The molecule has 0 aliphatic heterocycles. The highest BCUT2D eigenvalue weighted by Crippen LogP contribution is 2.46. The van der Waals surface area contributed by atoms with Crippen LogP contribution in [0.4, 0.5) is 0 Å². The lowest BCUT2D eigenvalue weighted by Crippen LogP contribution is -2.37. The first-order valence-corrected chi connectivity index (χ1v) is 9.87. The summed E-state index contributed by atoms with van der Waals surface area (Å²) in [6.45, 7) is 14.3. The Morgan fingerprint density at radius 3 is 0.909 bits per heavy atom. The van der Waals surface area contributed by atoms with E-state index < -0.39 is 5.57 Å². The van der Waals surface area contributed by atoms with Gasteiger partial charge in [-0.05, 0) is 16.6 Å². The summed E-state index contributed by atoms with van der Waals surface area (Å²) in [6, 6.07) is 0. The Kier molecular flexibility index (Phi) is 4.63. The van der Waals surface area contributed by atoms with Crippen LogP contribution in [-0.4, -0.2) is 5.57 Å². The van der Waals surface area contributed by atoms with Crippen LogP contribution in [0.1, 0.15) is 41.5 Å². The first-order valence-electron chi connectivity index (χ1n) is 4.52. The van der Waals surface area contributed by atoms with Crippen LogP contribution in [-0.2, 0) is 0 Å². The monoisotopic (exact) mass is 284 g/mol. The van der Waals surface area contributed by atoms with E-state index in [-0.39, 0.29) is 0 Å². The van der Waals surface area contributed by atoms with Gasteiger partial charge in [0.2, 0.25) is 0 Å². The molecule has 0 radical (unpaired) electrons. The third-order valence-corrected chi connectivity index (χ3v) is 19.2. The minimum atomic E-state index is -1.01. The SMILES string of the molecule is CC(C)[Si](I)(C(C)C)C(C)C. The van der Waals surface area contributed by atoms with E-state index in [0.717, 1.165) is 16.6 Å². The molecule has 0 spiro atoms. The van der Waals surface area contributed by atoms with E-state index in [9.17, 15) is 0 Å². The first-order chi connectivity index (χ1) is 4.83. The van der Waals surface area contributed by atoms with Crippen LogP contribution in [0.25, 0.3) is 0 Å². The van der Waals surface area contributed by atoms with E-state index in [1.807, 2.05) is 0 Å². The molecule has 0 aromatic heterocycles. The molecule has 0 aliphatic carbocycles. The Labute approximate surface area is 85.4 Å². The van der Waals surface area contributed by atoms with Crippen molar-refractivity contribution < 1.29 is 0 Å². The average Bonchev–Trinajstić information content (AvgIpc) is 1.84. The first kappa shape index (κ1) is 11.9. The zero-order valence-corrected chi connectivity index (χ0v) is 11.8. The molecule has 0 fully saturated rings. The van der Waals surface area contributed by atoms with Crippen LogP contribution < -0.4 is 0 Å². The molecular formula is C9H21ISi. The summed E-state index contributed by atoms with van der Waals surface area (Å²) in [7, 11) is 0. The highest BCUT2D eigenvalue weighted by atomic mass is 127. The van der Waals surface area contributed by atoms with E-state index >= 15 is 0 Å². The Morgan fingerprint density at radius 2 is 0.909 bits per heavy atom. The second-order valence-corrected chi connectivity index (χ2v) is 15.0. The van der Waals surface area contributed by atoms with Crippen molar-refractivity contribution in [2.24, 2.45) is 0 Å². The molecule has 0 N–H and O–H groups in total. The Hall–Kier alpha value is 0.947. The third kappa shape index (κ3) is 2.44. The van der Waals surface area contributed by atoms with Gasteiger partial charge in [-0.1, -0.05) is 41.5 Å². The third-order valence-electron chi connectivity index (χ3n) is 2.65. The summed E-state index contributed by atoms with van der Waals surface area (Å²) in [5.74, 6) is 0. The van der Waals surface area contributed by atoms with Gasteiger partial charge >= 0.3 is 0 Å². The fraction of sp³-hybridized carbons (Fsp3) is 1.00. The molecule has 2 heteroatoms. The second kappa shape index (κ2) is 4.26. The topological polar surface area (TPSA) is 0 Å². The minimum Gasteiger partial charge on any atom is -0.118 e. The molecule has 0 saturated heterocycles. The van der Waals surface area contributed by atoms with Gasteiger partial charge in [0, 0.05) is 0 Å². The van der Waals surface area contributed by atoms with Gasteiger partial charge in [0.15, 0.2) is 0 Å². The second-order valence-electron chi connectivity index (χ2n) is 4.29. The fourth-order valence-corrected chi connectivity index (χ4v) is 6.00. The number of hydrogen-bond donors (Lipinski definition) is 0. The number of hydrogen-bond acceptors (Lipinski definition) is 0. The standard InChI is InChI=1S/C9H21ISi/c1-7(2)11(10,8(3)4)9(5)6/h7-9H,1-6H3. The summed E-state index contributed by atoms with van der Waals surface area (Å²) in [4.78, 5) is 0. The van der Waals surface area contributed by atoms with Crippen molar-refractivity contribution in [1.82, 2.24) is 0 Å². The molecule has 68 valence electrons. The van der Waals surface area contributed by atoms with Crippen molar-refractivity contribution in [3.8, 4) is 0 Å². The highest BCUT2D eigenvalue weighted by molar-refractivity contribution is 14.1. The van der Waals surface area contributed by atoms with Crippen LogP contribution in [0.5, 0.6) is 0 Å². The molecule has 0 nitrogen and oxygen atoms in total. The lowest BCUT2D eigenvalue weighted by atomic mass is 10.5. The van der Waals surface area contributed by atoms with Crippen LogP contribution in [0.2, 0.25) is 16.6 Å². The Balaban J connectivity index is 4.53. The fourth-order valence-electron chi connectivity index (χ4n) is 2.00. The van der Waals surface area contributed by atoms with Gasteiger partial charge in [-0.2, -0.15) is 0 Å². The van der Waals surface area contributed by atoms with Crippen molar-refractivity contribution in [3.63, 3.8) is 0 Å². The average molecular weight is 284 g/mol. The van der Waals surface area contributed by atoms with Crippen LogP contribution >= 0.6 is 21.8 Å². The minimum absolute atomic E-state index is 0.906. The van der Waals surface area contributed by atoms with E-state index in [1.54, 1.807) is 0 Å². The normalized spacial score (nSPS) is 13.6. The number of halogens is 1. The zero-order valence-electron chi connectivity index (χ0n) is 8.61. The van der Waals surface area contributed by atoms with Crippen molar-refractivity contribution in [2.45, 2.75) is 58.2 Å². The van der Waals surface area contributed by atoms with Crippen molar-refractivity contribution in [3.05, 3.63) is 0 Å². The van der Waals surface area contributed by atoms with E-state index in [4.69, 9.17) is 0 Å². The Bertz CT molecular complexity index is 97.0. The molecule has 0 amide bonds. The molecule has 11 heavy (non-hydrogen) atoms. The van der Waals surface area contributed by atoms with E-state index in [0.29, 0.717) is 0 Å². The predicted molar refractivity (Wildman–Crippen MR) is 65.1 cm³/mol. The van der Waals surface area contributed by atoms with Crippen LogP contribution in [0, 0.1) is 0 Å². The molecule has 0 rings (SSSR count). The summed E-state index contributed by atoms with van der Waals surface area (Å²) >= 11 is 2.78. The highest BCUT2D eigenvalue weighted by Gasteiger charge is 2.39. The molecule has 0 heterocycles. The largest absolute Gasteiger partial charge is 0.133 e.